The number of aromatic nitrogens is 4. The summed E-state index contributed by atoms with van der Waals surface area (Å²) in [6, 6.07) is 8.34. The molecule has 1 aromatic carbocycles. The van der Waals surface area contributed by atoms with Crippen molar-refractivity contribution < 1.29 is 9.26 Å². The Balaban J connectivity index is 1.32. The van der Waals surface area contributed by atoms with Gasteiger partial charge in [-0.2, -0.15) is 14.8 Å². The second-order valence-electron chi connectivity index (χ2n) is 7.98. The number of ether oxygens (including phenoxy) is 1. The normalized spacial score (nSPS) is 18.9. The highest BCUT2D eigenvalue weighted by Gasteiger charge is 2.30. The first kappa shape index (κ1) is 17.8. The summed E-state index contributed by atoms with van der Waals surface area (Å²) in [5, 5.41) is 10.3. The van der Waals surface area contributed by atoms with Gasteiger partial charge in [0, 0.05) is 37.5 Å². The maximum absolute atomic E-state index is 5.67. The summed E-state index contributed by atoms with van der Waals surface area (Å²) in [4.78, 5) is 7.23. The minimum absolute atomic E-state index is 0.338. The molecule has 28 heavy (non-hydrogen) atoms. The number of methoxy groups -OCH3 is 1. The molecule has 1 saturated carbocycles. The number of rotatable bonds is 7. The van der Waals surface area contributed by atoms with Crippen molar-refractivity contribution in [3.63, 3.8) is 0 Å². The highest BCUT2D eigenvalue weighted by molar-refractivity contribution is 5.83. The van der Waals surface area contributed by atoms with Gasteiger partial charge in [0.05, 0.1) is 11.2 Å². The van der Waals surface area contributed by atoms with Crippen molar-refractivity contribution >= 4 is 10.9 Å². The number of hydrogen-bond donors (Lipinski definition) is 0. The zero-order chi connectivity index (χ0) is 18.9. The molecule has 0 unspecified atom stereocenters. The van der Waals surface area contributed by atoms with Crippen molar-refractivity contribution in [2.45, 2.75) is 43.9 Å². The molecule has 1 aliphatic heterocycles. The van der Waals surface area contributed by atoms with E-state index in [1.807, 2.05) is 10.7 Å². The molecule has 0 atom stereocenters. The summed E-state index contributed by atoms with van der Waals surface area (Å²) in [7, 11) is 1.76. The first-order valence-electron chi connectivity index (χ1n) is 10.4. The van der Waals surface area contributed by atoms with Gasteiger partial charge in [-0.1, -0.05) is 18.2 Å². The third kappa shape index (κ3) is 3.44. The van der Waals surface area contributed by atoms with Gasteiger partial charge in [-0.15, -0.1) is 0 Å². The Kier molecular flexibility index (Phi) is 4.86. The first-order valence-corrected chi connectivity index (χ1v) is 10.4. The molecule has 1 saturated heterocycles. The van der Waals surface area contributed by atoms with Gasteiger partial charge >= 0.3 is 0 Å². The van der Waals surface area contributed by atoms with E-state index in [2.05, 4.69) is 28.3 Å². The molecule has 148 valence electrons. The number of para-hydroxylation sites is 1. The van der Waals surface area contributed by atoms with Gasteiger partial charge in [0.1, 0.15) is 0 Å². The molecule has 0 bridgehead atoms. The fourth-order valence-electron chi connectivity index (χ4n) is 4.22. The maximum Gasteiger partial charge on any atom is 0.291 e. The highest BCUT2D eigenvalue weighted by atomic mass is 16.5. The first-order chi connectivity index (χ1) is 13.8. The number of nitrogens with zero attached hydrogens (tertiary/aromatic N) is 5. The van der Waals surface area contributed by atoms with Crippen molar-refractivity contribution in [2.75, 3.05) is 33.4 Å². The van der Waals surface area contributed by atoms with Gasteiger partial charge in [0.15, 0.2) is 0 Å². The molecule has 2 fully saturated rings. The fraction of sp³-hybridized carbons (Fsp3) is 0.571. The molecule has 3 aromatic rings. The zero-order valence-corrected chi connectivity index (χ0v) is 16.4. The molecule has 0 N–H and O–H groups in total. The monoisotopic (exact) mass is 381 g/mol. The molecule has 5 rings (SSSR count). The van der Waals surface area contributed by atoms with E-state index < -0.39 is 0 Å². The van der Waals surface area contributed by atoms with Crippen LogP contribution in [-0.2, 0) is 4.74 Å². The third-order valence-electron chi connectivity index (χ3n) is 5.96. The van der Waals surface area contributed by atoms with E-state index >= 15 is 0 Å². The molecule has 0 radical (unpaired) electrons. The van der Waals surface area contributed by atoms with Crippen LogP contribution >= 0.6 is 0 Å². The highest BCUT2D eigenvalue weighted by Crippen LogP contribution is 2.42. The summed E-state index contributed by atoms with van der Waals surface area (Å²) < 4.78 is 12.7. The van der Waals surface area contributed by atoms with Crippen molar-refractivity contribution in [3.05, 3.63) is 35.9 Å². The Bertz CT molecular complexity index is 937. The topological polar surface area (TPSA) is 69.2 Å². The molecule has 3 heterocycles. The molecular weight excluding hydrogens is 354 g/mol. The molecule has 0 amide bonds. The molecular formula is C21H27N5O2. The molecule has 2 aromatic heterocycles. The second kappa shape index (κ2) is 7.64. The summed E-state index contributed by atoms with van der Waals surface area (Å²) in [5.74, 6) is 2.23. The van der Waals surface area contributed by atoms with Gasteiger partial charge in [-0.3, -0.25) is 0 Å². The number of likely N-dealkylation sites (tertiary alicyclic amines) is 1. The Morgan fingerprint density at radius 2 is 1.93 bits per heavy atom. The predicted octanol–water partition coefficient (Wildman–Crippen LogP) is 3.50. The van der Waals surface area contributed by atoms with Gasteiger partial charge < -0.3 is 14.2 Å². The van der Waals surface area contributed by atoms with Crippen molar-refractivity contribution in [3.8, 4) is 5.95 Å². The summed E-state index contributed by atoms with van der Waals surface area (Å²) in [6.07, 6.45) is 5.65. The standard InChI is InChI=1S/C21H27N5O2/c1-27-14-4-11-25-12-9-16(10-13-25)20-22-21(24-28-20)26-18-6-3-2-5-17(18)19(23-26)15-7-8-15/h2-3,5-6,15-16H,4,7-14H2,1H3. The number of benzene rings is 1. The van der Waals surface area contributed by atoms with Crippen molar-refractivity contribution in [2.24, 2.45) is 0 Å². The van der Waals surface area contributed by atoms with Gasteiger partial charge in [0.2, 0.25) is 5.89 Å². The van der Waals surface area contributed by atoms with Crippen molar-refractivity contribution in [1.82, 2.24) is 24.8 Å². The van der Waals surface area contributed by atoms with Crippen LogP contribution in [0.1, 0.15) is 55.5 Å². The minimum atomic E-state index is 0.338. The van der Waals surface area contributed by atoms with Crippen LogP contribution in [0.2, 0.25) is 0 Å². The number of fused-ring (bicyclic) bond motifs is 1. The van der Waals surface area contributed by atoms with Crippen LogP contribution in [0, 0.1) is 0 Å². The smallest absolute Gasteiger partial charge is 0.291 e. The van der Waals surface area contributed by atoms with E-state index in [1.54, 1.807) is 7.11 Å². The van der Waals surface area contributed by atoms with E-state index in [-0.39, 0.29) is 0 Å². The lowest BCUT2D eigenvalue weighted by atomic mass is 9.97. The Morgan fingerprint density at radius 1 is 1.11 bits per heavy atom. The third-order valence-corrected chi connectivity index (χ3v) is 5.96. The van der Waals surface area contributed by atoms with Gasteiger partial charge in [-0.05, 0) is 56.4 Å². The van der Waals surface area contributed by atoms with E-state index in [4.69, 9.17) is 19.3 Å². The lowest BCUT2D eigenvalue weighted by molar-refractivity contribution is 0.152. The Hall–Kier alpha value is -2.25. The quantitative estimate of drug-likeness (QED) is 0.584. The van der Waals surface area contributed by atoms with Crippen LogP contribution in [0.15, 0.2) is 28.8 Å². The van der Waals surface area contributed by atoms with Crippen LogP contribution in [-0.4, -0.2) is 58.2 Å². The molecule has 0 spiro atoms. The largest absolute Gasteiger partial charge is 0.385 e. The molecule has 7 nitrogen and oxygen atoms in total. The summed E-state index contributed by atoms with van der Waals surface area (Å²) in [5.41, 5.74) is 2.23. The van der Waals surface area contributed by atoms with Crippen molar-refractivity contribution in [1.29, 1.82) is 0 Å². The molecule has 7 heteroatoms. The van der Waals surface area contributed by atoms with Crippen LogP contribution in [0.25, 0.3) is 16.9 Å². The second-order valence-corrected chi connectivity index (χ2v) is 7.98. The Morgan fingerprint density at radius 3 is 2.71 bits per heavy atom. The number of piperidine rings is 1. The van der Waals surface area contributed by atoms with E-state index in [0.717, 1.165) is 56.9 Å². The zero-order valence-electron chi connectivity index (χ0n) is 16.4. The van der Waals surface area contributed by atoms with Crippen LogP contribution in [0.4, 0.5) is 0 Å². The van der Waals surface area contributed by atoms with Crippen LogP contribution in [0.3, 0.4) is 0 Å². The average molecular weight is 381 g/mol. The van der Waals surface area contributed by atoms with E-state index in [9.17, 15) is 0 Å². The van der Waals surface area contributed by atoms with E-state index in [0.29, 0.717) is 17.8 Å². The molecule has 1 aliphatic carbocycles. The average Bonchev–Trinajstić information content (AvgIpc) is 3.33. The summed E-state index contributed by atoms with van der Waals surface area (Å²) >= 11 is 0. The van der Waals surface area contributed by atoms with Gasteiger partial charge in [0.25, 0.3) is 5.95 Å². The lowest BCUT2D eigenvalue weighted by Crippen LogP contribution is -2.34. The minimum Gasteiger partial charge on any atom is -0.385 e. The Labute approximate surface area is 164 Å². The van der Waals surface area contributed by atoms with E-state index in [1.165, 1.54) is 23.9 Å². The fourth-order valence-corrected chi connectivity index (χ4v) is 4.22. The lowest BCUT2D eigenvalue weighted by Gasteiger charge is -2.30. The van der Waals surface area contributed by atoms with Crippen LogP contribution in [0.5, 0.6) is 0 Å². The number of hydrogen-bond acceptors (Lipinski definition) is 6. The summed E-state index contributed by atoms with van der Waals surface area (Å²) in [6.45, 7) is 4.07. The molecule has 2 aliphatic rings. The predicted molar refractivity (Wildman–Crippen MR) is 106 cm³/mol. The van der Waals surface area contributed by atoms with Crippen LogP contribution < -0.4 is 0 Å². The SMILES string of the molecule is COCCCN1CCC(c2nc(-n3nc(C4CC4)c4ccccc43)no2)CC1. The maximum atomic E-state index is 5.67. The van der Waals surface area contributed by atoms with Gasteiger partial charge in [-0.25, -0.2) is 0 Å².